The second-order valence-corrected chi connectivity index (χ2v) is 5.82. The minimum Gasteiger partial charge on any atom is -0.488 e. The van der Waals surface area contributed by atoms with Gasteiger partial charge in [-0.25, -0.2) is 0 Å². The quantitative estimate of drug-likeness (QED) is 0.848. The summed E-state index contributed by atoms with van der Waals surface area (Å²) in [5.41, 5.74) is 1.20. The summed E-state index contributed by atoms with van der Waals surface area (Å²) in [5, 5.41) is 17.5. The van der Waals surface area contributed by atoms with Crippen LogP contribution >= 0.6 is 11.8 Å². The van der Waals surface area contributed by atoms with Gasteiger partial charge in [-0.3, -0.25) is 4.79 Å². The Hall–Kier alpha value is -2.02. The van der Waals surface area contributed by atoms with E-state index in [0.717, 1.165) is 18.0 Å². The molecule has 1 atom stereocenters. The molecule has 1 N–H and O–H groups in total. The first-order valence-corrected chi connectivity index (χ1v) is 7.61. The number of thioether (sulfide) groups is 1. The van der Waals surface area contributed by atoms with Gasteiger partial charge < -0.3 is 14.4 Å². The van der Waals surface area contributed by atoms with E-state index in [1.165, 1.54) is 17.3 Å². The van der Waals surface area contributed by atoms with Crippen LogP contribution in [0.3, 0.4) is 0 Å². The Morgan fingerprint density at radius 3 is 3.05 bits per heavy atom. The van der Waals surface area contributed by atoms with Gasteiger partial charge in [0.05, 0.1) is 12.3 Å². The average molecular weight is 305 g/mol. The van der Waals surface area contributed by atoms with Crippen LogP contribution in [0.15, 0.2) is 29.4 Å². The van der Waals surface area contributed by atoms with Gasteiger partial charge in [-0.15, -0.1) is 10.2 Å². The highest BCUT2D eigenvalue weighted by molar-refractivity contribution is 7.99. The van der Waals surface area contributed by atoms with Gasteiger partial charge in [-0.05, 0) is 18.6 Å². The maximum Gasteiger partial charge on any atom is 0.313 e. The van der Waals surface area contributed by atoms with Gasteiger partial charge in [0.1, 0.15) is 17.7 Å². The van der Waals surface area contributed by atoms with Crippen molar-refractivity contribution in [2.24, 2.45) is 0 Å². The van der Waals surface area contributed by atoms with Crippen LogP contribution in [0.1, 0.15) is 11.4 Å². The Labute approximate surface area is 126 Å². The molecule has 0 fully saturated rings. The molecular formula is C14H15N3O3S. The third-order valence-electron chi connectivity index (χ3n) is 3.33. The first-order chi connectivity index (χ1) is 10.1. The minimum absolute atomic E-state index is 0.0239. The van der Waals surface area contributed by atoms with Crippen LogP contribution in [0.2, 0.25) is 0 Å². The molecule has 6 nitrogen and oxygen atoms in total. The molecule has 0 saturated carbocycles. The van der Waals surface area contributed by atoms with Crippen LogP contribution in [0.5, 0.6) is 5.75 Å². The molecule has 3 rings (SSSR count). The second-order valence-electron chi connectivity index (χ2n) is 4.87. The van der Waals surface area contributed by atoms with Crippen LogP contribution < -0.4 is 4.74 Å². The topological polar surface area (TPSA) is 77.2 Å². The maximum absolute atomic E-state index is 10.7. The molecule has 7 heteroatoms. The highest BCUT2D eigenvalue weighted by atomic mass is 32.2. The number of carbonyl (C=O) groups is 1. The summed E-state index contributed by atoms with van der Waals surface area (Å²) in [6.45, 7) is 2.48. The van der Waals surface area contributed by atoms with Gasteiger partial charge in [0.25, 0.3) is 0 Å². The lowest BCUT2D eigenvalue weighted by Gasteiger charge is -2.14. The molecule has 0 bridgehead atoms. The average Bonchev–Trinajstić information content (AvgIpc) is 3.01. The third-order valence-corrected chi connectivity index (χ3v) is 4.28. The lowest BCUT2D eigenvalue weighted by molar-refractivity contribution is -0.133. The van der Waals surface area contributed by atoms with E-state index in [4.69, 9.17) is 9.84 Å². The largest absolute Gasteiger partial charge is 0.488 e. The lowest BCUT2D eigenvalue weighted by atomic mass is 10.1. The number of carboxylic acid groups (broad SMARTS) is 1. The summed E-state index contributed by atoms with van der Waals surface area (Å²) < 4.78 is 7.83. The summed E-state index contributed by atoms with van der Waals surface area (Å²) in [5.74, 6) is 0.802. The molecule has 2 aromatic rings. The number of hydrogen-bond acceptors (Lipinski definition) is 5. The molecule has 0 saturated heterocycles. The zero-order valence-corrected chi connectivity index (χ0v) is 12.3. The molecule has 1 aromatic carbocycles. The first kappa shape index (κ1) is 13.9. The Kier molecular flexibility index (Phi) is 3.83. The Bertz CT molecular complexity index is 646. The van der Waals surface area contributed by atoms with Gasteiger partial charge in [0.15, 0.2) is 5.16 Å². The van der Waals surface area contributed by atoms with Crippen LogP contribution in [-0.2, 0) is 17.8 Å². The number of ether oxygens (including phenoxy) is 1. The highest BCUT2D eigenvalue weighted by Crippen LogP contribution is 2.29. The van der Waals surface area contributed by atoms with E-state index in [2.05, 4.69) is 16.3 Å². The molecule has 2 heterocycles. The highest BCUT2D eigenvalue weighted by Gasteiger charge is 2.24. The van der Waals surface area contributed by atoms with E-state index in [0.29, 0.717) is 11.7 Å². The molecule has 1 unspecified atom stereocenters. The maximum atomic E-state index is 10.7. The Morgan fingerprint density at radius 2 is 2.29 bits per heavy atom. The van der Waals surface area contributed by atoms with E-state index < -0.39 is 5.97 Å². The predicted octanol–water partition coefficient (Wildman–Crippen LogP) is 1.77. The van der Waals surface area contributed by atoms with Crippen molar-refractivity contribution in [1.29, 1.82) is 0 Å². The molecular weight excluding hydrogens is 290 g/mol. The van der Waals surface area contributed by atoms with Gasteiger partial charge in [-0.2, -0.15) is 0 Å². The standard InChI is InChI=1S/C14H15N3O3S/c1-9-15-16-14(21-8-13(18)19)17(9)7-11-6-10-4-2-3-5-12(10)20-11/h2-5,11H,6-8H2,1H3,(H,18,19). The van der Waals surface area contributed by atoms with Crippen molar-refractivity contribution in [2.75, 3.05) is 5.75 Å². The van der Waals surface area contributed by atoms with Crippen molar-refractivity contribution in [3.05, 3.63) is 35.7 Å². The summed E-state index contributed by atoms with van der Waals surface area (Å²) >= 11 is 1.18. The number of aryl methyl sites for hydroxylation is 1. The van der Waals surface area contributed by atoms with Crippen molar-refractivity contribution < 1.29 is 14.6 Å². The van der Waals surface area contributed by atoms with Crippen molar-refractivity contribution in [1.82, 2.24) is 14.8 Å². The number of rotatable bonds is 5. The van der Waals surface area contributed by atoms with Crippen molar-refractivity contribution in [3.8, 4) is 5.75 Å². The van der Waals surface area contributed by atoms with Gasteiger partial charge in [0.2, 0.25) is 0 Å². The van der Waals surface area contributed by atoms with E-state index in [1.807, 2.05) is 29.7 Å². The molecule has 1 aromatic heterocycles. The van der Waals surface area contributed by atoms with Crippen molar-refractivity contribution in [2.45, 2.75) is 31.1 Å². The van der Waals surface area contributed by atoms with Crippen LogP contribution in [0, 0.1) is 6.92 Å². The smallest absolute Gasteiger partial charge is 0.313 e. The fourth-order valence-electron chi connectivity index (χ4n) is 2.36. The van der Waals surface area contributed by atoms with E-state index in [9.17, 15) is 4.79 Å². The van der Waals surface area contributed by atoms with Crippen molar-refractivity contribution in [3.63, 3.8) is 0 Å². The lowest BCUT2D eigenvalue weighted by Crippen LogP contribution is -2.22. The first-order valence-electron chi connectivity index (χ1n) is 6.62. The molecule has 21 heavy (non-hydrogen) atoms. The number of aliphatic carboxylic acids is 1. The summed E-state index contributed by atoms with van der Waals surface area (Å²) in [6, 6.07) is 7.99. The fraction of sp³-hybridized carbons (Fsp3) is 0.357. The van der Waals surface area contributed by atoms with Crippen molar-refractivity contribution >= 4 is 17.7 Å². The summed E-state index contributed by atoms with van der Waals surface area (Å²) in [6.07, 6.45) is 0.873. The summed E-state index contributed by atoms with van der Waals surface area (Å²) in [7, 11) is 0. The third kappa shape index (κ3) is 3.02. The molecule has 0 spiro atoms. The summed E-state index contributed by atoms with van der Waals surface area (Å²) in [4.78, 5) is 10.7. The SMILES string of the molecule is Cc1nnc(SCC(=O)O)n1CC1Cc2ccccc2O1. The normalized spacial score (nSPS) is 16.5. The van der Waals surface area contributed by atoms with Crippen LogP contribution in [0.25, 0.3) is 0 Å². The van der Waals surface area contributed by atoms with Crippen LogP contribution in [-0.4, -0.2) is 37.7 Å². The molecule has 0 radical (unpaired) electrons. The molecule has 1 aliphatic rings. The van der Waals surface area contributed by atoms with Gasteiger partial charge in [0, 0.05) is 6.42 Å². The number of para-hydroxylation sites is 1. The number of fused-ring (bicyclic) bond motifs is 1. The monoisotopic (exact) mass is 305 g/mol. The zero-order valence-electron chi connectivity index (χ0n) is 11.5. The Morgan fingerprint density at radius 1 is 1.48 bits per heavy atom. The van der Waals surface area contributed by atoms with E-state index >= 15 is 0 Å². The Balaban J connectivity index is 1.71. The molecule has 0 aliphatic carbocycles. The zero-order chi connectivity index (χ0) is 14.8. The number of carboxylic acids is 1. The minimum atomic E-state index is -0.864. The van der Waals surface area contributed by atoms with Crippen LogP contribution in [0.4, 0.5) is 0 Å². The predicted molar refractivity (Wildman–Crippen MR) is 77.7 cm³/mol. The molecule has 1 aliphatic heterocycles. The second kappa shape index (κ2) is 5.77. The molecule has 110 valence electrons. The fourth-order valence-corrected chi connectivity index (χ4v) is 3.08. The van der Waals surface area contributed by atoms with E-state index in [1.54, 1.807) is 0 Å². The number of benzene rings is 1. The number of aromatic nitrogens is 3. The van der Waals surface area contributed by atoms with Gasteiger partial charge >= 0.3 is 5.97 Å². The van der Waals surface area contributed by atoms with E-state index in [-0.39, 0.29) is 11.9 Å². The molecule has 0 amide bonds. The van der Waals surface area contributed by atoms with Gasteiger partial charge in [-0.1, -0.05) is 30.0 Å². The number of nitrogens with zero attached hydrogens (tertiary/aromatic N) is 3. The number of hydrogen-bond donors (Lipinski definition) is 1.